The summed E-state index contributed by atoms with van der Waals surface area (Å²) >= 11 is 0. The Hall–Kier alpha value is -1.31. The van der Waals surface area contributed by atoms with E-state index in [1.807, 2.05) is 18.2 Å². The van der Waals surface area contributed by atoms with Crippen molar-refractivity contribution in [2.24, 2.45) is 0 Å². The molecular formula is C12H15NO. The number of hydrogen-bond donors (Lipinski definition) is 0. The molecule has 1 aromatic rings. The van der Waals surface area contributed by atoms with Gasteiger partial charge in [0.25, 0.3) is 0 Å². The Kier molecular flexibility index (Phi) is 2.53. The number of anilines is 1. The first-order valence-electron chi connectivity index (χ1n) is 5.13. The molecule has 1 atom stereocenters. The smallest absolute Gasteiger partial charge is 0.150 e. The molecule has 1 unspecified atom stereocenters. The maximum absolute atomic E-state index is 10.6. The minimum Gasteiger partial charge on any atom is -0.369 e. The average Bonchev–Trinajstić information content (AvgIpc) is 2.65. The highest BCUT2D eigenvalue weighted by atomic mass is 16.1. The summed E-state index contributed by atoms with van der Waals surface area (Å²) in [7, 11) is 0. The van der Waals surface area contributed by atoms with Crippen LogP contribution < -0.4 is 4.90 Å². The predicted molar refractivity (Wildman–Crippen MR) is 57.9 cm³/mol. The summed E-state index contributed by atoms with van der Waals surface area (Å²) in [5.74, 6) is 0. The summed E-state index contributed by atoms with van der Waals surface area (Å²) in [6, 6.07) is 8.45. The Balaban J connectivity index is 2.26. The zero-order chi connectivity index (χ0) is 9.97. The zero-order valence-electron chi connectivity index (χ0n) is 8.44. The molecule has 0 saturated carbocycles. The molecule has 0 aliphatic carbocycles. The standard InChI is InChI=1S/C12H15NO/c1-10-4-3-7-13(10)12-6-2-5-11(8-12)9-14/h2,5-6,8-10H,3-4,7H2,1H3. The number of hydrogen-bond acceptors (Lipinski definition) is 2. The van der Waals surface area contributed by atoms with Crippen molar-refractivity contribution in [1.29, 1.82) is 0 Å². The third-order valence-corrected chi connectivity index (χ3v) is 2.89. The minimum atomic E-state index is 0.608. The zero-order valence-corrected chi connectivity index (χ0v) is 8.44. The van der Waals surface area contributed by atoms with Crippen molar-refractivity contribution in [3.05, 3.63) is 29.8 Å². The van der Waals surface area contributed by atoms with Crippen LogP contribution in [-0.4, -0.2) is 18.9 Å². The fourth-order valence-corrected chi connectivity index (χ4v) is 2.09. The van der Waals surface area contributed by atoms with E-state index in [1.165, 1.54) is 18.5 Å². The first-order chi connectivity index (χ1) is 6.81. The van der Waals surface area contributed by atoms with Crippen LogP contribution in [0.3, 0.4) is 0 Å². The predicted octanol–water partition coefficient (Wildman–Crippen LogP) is 2.49. The van der Waals surface area contributed by atoms with Crippen molar-refractivity contribution < 1.29 is 4.79 Å². The van der Waals surface area contributed by atoms with E-state index >= 15 is 0 Å². The lowest BCUT2D eigenvalue weighted by Gasteiger charge is -2.23. The molecule has 1 aromatic carbocycles. The van der Waals surface area contributed by atoms with Crippen molar-refractivity contribution in [1.82, 2.24) is 0 Å². The first kappa shape index (κ1) is 9.25. The molecule has 2 nitrogen and oxygen atoms in total. The van der Waals surface area contributed by atoms with Gasteiger partial charge in [0.1, 0.15) is 6.29 Å². The first-order valence-corrected chi connectivity index (χ1v) is 5.13. The summed E-state index contributed by atoms with van der Waals surface area (Å²) < 4.78 is 0. The quantitative estimate of drug-likeness (QED) is 0.666. The van der Waals surface area contributed by atoms with E-state index in [0.717, 1.165) is 18.4 Å². The number of aldehydes is 1. The van der Waals surface area contributed by atoms with Crippen LogP contribution in [0.5, 0.6) is 0 Å². The second-order valence-corrected chi connectivity index (χ2v) is 3.90. The summed E-state index contributed by atoms with van der Waals surface area (Å²) in [6.45, 7) is 3.35. The van der Waals surface area contributed by atoms with E-state index < -0.39 is 0 Å². The Morgan fingerprint density at radius 2 is 2.36 bits per heavy atom. The Morgan fingerprint density at radius 3 is 3.00 bits per heavy atom. The third kappa shape index (κ3) is 1.65. The van der Waals surface area contributed by atoms with Gasteiger partial charge < -0.3 is 4.90 Å². The van der Waals surface area contributed by atoms with E-state index in [4.69, 9.17) is 0 Å². The Labute approximate surface area is 84.5 Å². The number of carbonyl (C=O) groups is 1. The fourth-order valence-electron chi connectivity index (χ4n) is 2.09. The molecule has 1 aliphatic heterocycles. The van der Waals surface area contributed by atoms with Gasteiger partial charge in [-0.1, -0.05) is 12.1 Å². The van der Waals surface area contributed by atoms with Gasteiger partial charge in [-0.3, -0.25) is 4.79 Å². The fraction of sp³-hybridized carbons (Fsp3) is 0.417. The molecule has 2 rings (SSSR count). The molecule has 0 bridgehead atoms. The number of rotatable bonds is 2. The normalized spacial score (nSPS) is 21.2. The maximum atomic E-state index is 10.6. The molecule has 0 N–H and O–H groups in total. The van der Waals surface area contributed by atoms with Gasteiger partial charge in [0, 0.05) is 23.8 Å². The van der Waals surface area contributed by atoms with Gasteiger partial charge >= 0.3 is 0 Å². The van der Waals surface area contributed by atoms with E-state index in [-0.39, 0.29) is 0 Å². The highest BCUT2D eigenvalue weighted by Gasteiger charge is 2.20. The topological polar surface area (TPSA) is 20.3 Å². The number of benzene rings is 1. The van der Waals surface area contributed by atoms with E-state index in [9.17, 15) is 4.79 Å². The molecule has 0 radical (unpaired) electrons. The summed E-state index contributed by atoms with van der Waals surface area (Å²) in [5.41, 5.74) is 1.95. The Morgan fingerprint density at radius 1 is 1.50 bits per heavy atom. The lowest BCUT2D eigenvalue weighted by Crippen LogP contribution is -2.26. The van der Waals surface area contributed by atoms with E-state index in [2.05, 4.69) is 17.9 Å². The summed E-state index contributed by atoms with van der Waals surface area (Å²) in [4.78, 5) is 13.0. The molecule has 1 saturated heterocycles. The third-order valence-electron chi connectivity index (χ3n) is 2.89. The highest BCUT2D eigenvalue weighted by Crippen LogP contribution is 2.25. The van der Waals surface area contributed by atoms with E-state index in [0.29, 0.717) is 6.04 Å². The van der Waals surface area contributed by atoms with Gasteiger partial charge in [-0.2, -0.15) is 0 Å². The second kappa shape index (κ2) is 3.82. The molecule has 1 fully saturated rings. The van der Waals surface area contributed by atoms with Crippen LogP contribution >= 0.6 is 0 Å². The molecule has 0 aromatic heterocycles. The SMILES string of the molecule is CC1CCCN1c1cccc(C=O)c1. The van der Waals surface area contributed by atoms with Crippen LogP contribution in [-0.2, 0) is 0 Å². The van der Waals surface area contributed by atoms with Gasteiger partial charge in [-0.05, 0) is 31.9 Å². The minimum absolute atomic E-state index is 0.608. The van der Waals surface area contributed by atoms with Gasteiger partial charge in [0.15, 0.2) is 0 Å². The van der Waals surface area contributed by atoms with Gasteiger partial charge in [-0.15, -0.1) is 0 Å². The molecule has 1 heterocycles. The van der Waals surface area contributed by atoms with Crippen LogP contribution in [0.25, 0.3) is 0 Å². The van der Waals surface area contributed by atoms with Crippen molar-refractivity contribution in [2.45, 2.75) is 25.8 Å². The molecular weight excluding hydrogens is 174 g/mol. The van der Waals surface area contributed by atoms with E-state index in [1.54, 1.807) is 0 Å². The molecule has 2 heteroatoms. The molecule has 0 amide bonds. The van der Waals surface area contributed by atoms with Crippen LogP contribution in [0.15, 0.2) is 24.3 Å². The highest BCUT2D eigenvalue weighted by molar-refractivity contribution is 5.77. The van der Waals surface area contributed by atoms with Crippen LogP contribution in [0.2, 0.25) is 0 Å². The lowest BCUT2D eigenvalue weighted by molar-refractivity contribution is 0.112. The van der Waals surface area contributed by atoms with Gasteiger partial charge in [-0.25, -0.2) is 0 Å². The average molecular weight is 189 g/mol. The number of nitrogens with zero attached hydrogens (tertiary/aromatic N) is 1. The Bertz CT molecular complexity index is 335. The monoisotopic (exact) mass is 189 g/mol. The molecule has 74 valence electrons. The van der Waals surface area contributed by atoms with Gasteiger partial charge in [0.05, 0.1) is 0 Å². The van der Waals surface area contributed by atoms with Crippen molar-refractivity contribution in [2.75, 3.05) is 11.4 Å². The second-order valence-electron chi connectivity index (χ2n) is 3.90. The lowest BCUT2D eigenvalue weighted by atomic mass is 10.2. The summed E-state index contributed by atoms with van der Waals surface area (Å²) in [5, 5.41) is 0. The van der Waals surface area contributed by atoms with Crippen molar-refractivity contribution in [3.63, 3.8) is 0 Å². The van der Waals surface area contributed by atoms with Crippen LogP contribution in [0, 0.1) is 0 Å². The van der Waals surface area contributed by atoms with Crippen molar-refractivity contribution in [3.8, 4) is 0 Å². The van der Waals surface area contributed by atoms with Crippen LogP contribution in [0.1, 0.15) is 30.1 Å². The molecule has 0 spiro atoms. The summed E-state index contributed by atoms with van der Waals surface area (Å²) in [6.07, 6.45) is 3.42. The van der Waals surface area contributed by atoms with Crippen molar-refractivity contribution >= 4 is 12.0 Å². The molecule has 1 aliphatic rings. The maximum Gasteiger partial charge on any atom is 0.150 e. The molecule has 14 heavy (non-hydrogen) atoms. The van der Waals surface area contributed by atoms with Gasteiger partial charge in [0.2, 0.25) is 0 Å². The van der Waals surface area contributed by atoms with Crippen LogP contribution in [0.4, 0.5) is 5.69 Å². The largest absolute Gasteiger partial charge is 0.369 e. The number of carbonyl (C=O) groups excluding carboxylic acids is 1.